The Morgan fingerprint density at radius 2 is 1.93 bits per heavy atom. The van der Waals surface area contributed by atoms with Gasteiger partial charge in [-0.15, -0.1) is 0 Å². The van der Waals surface area contributed by atoms with Crippen LogP contribution in [0.3, 0.4) is 0 Å². The highest BCUT2D eigenvalue weighted by molar-refractivity contribution is 5.92. The molecule has 2 aromatic heterocycles. The van der Waals surface area contributed by atoms with Crippen LogP contribution in [0.2, 0.25) is 0 Å². The number of fused-ring (bicyclic) bond motifs is 1. The van der Waals surface area contributed by atoms with Gasteiger partial charge in [0.2, 0.25) is 5.91 Å². The lowest BCUT2D eigenvalue weighted by molar-refractivity contribution is -0.116. The van der Waals surface area contributed by atoms with Gasteiger partial charge >= 0.3 is 0 Å². The van der Waals surface area contributed by atoms with Crippen molar-refractivity contribution >= 4 is 22.6 Å². The first-order valence-corrected chi connectivity index (χ1v) is 9.89. The molecule has 1 aromatic carbocycles. The molecule has 4 rings (SSSR count). The molecule has 0 spiro atoms. The number of aromatic nitrogens is 3. The van der Waals surface area contributed by atoms with Crippen LogP contribution in [-0.4, -0.2) is 20.7 Å². The molecule has 0 aliphatic heterocycles. The quantitative estimate of drug-likeness (QED) is 0.612. The smallest absolute Gasteiger partial charge is 0.264 e. The van der Waals surface area contributed by atoms with Crippen molar-refractivity contribution in [1.82, 2.24) is 14.8 Å². The molecule has 0 saturated heterocycles. The van der Waals surface area contributed by atoms with Crippen LogP contribution in [-0.2, 0) is 11.3 Å². The molecule has 5 nitrogen and oxygen atoms in total. The van der Waals surface area contributed by atoms with Crippen molar-refractivity contribution in [2.75, 3.05) is 5.32 Å². The summed E-state index contributed by atoms with van der Waals surface area (Å²) in [5.41, 5.74) is 3.30. The van der Waals surface area contributed by atoms with Crippen molar-refractivity contribution in [2.45, 2.75) is 58.4 Å². The Morgan fingerprint density at radius 1 is 1.24 bits per heavy atom. The van der Waals surface area contributed by atoms with Gasteiger partial charge in [0, 0.05) is 22.9 Å². The predicted octanol–water partition coefficient (Wildman–Crippen LogP) is 5.32. The number of carbonyl (C=O) groups excluding carboxylic acids is 1. The topological polar surface area (TPSA) is 59.8 Å². The van der Waals surface area contributed by atoms with Crippen molar-refractivity contribution in [3.63, 3.8) is 0 Å². The third-order valence-corrected chi connectivity index (χ3v) is 5.31. The van der Waals surface area contributed by atoms with Crippen LogP contribution >= 0.6 is 0 Å². The van der Waals surface area contributed by atoms with Crippen LogP contribution in [0.5, 0.6) is 0 Å². The SMILES string of the molecule is Cc1nn(CC(=O)Nc2ccc(C(C)C)cc2)c2nc(C3CC3)cc(C(F)F)c12. The summed E-state index contributed by atoms with van der Waals surface area (Å²) in [6, 6.07) is 9.17. The van der Waals surface area contributed by atoms with Crippen molar-refractivity contribution in [3.05, 3.63) is 52.8 Å². The van der Waals surface area contributed by atoms with Crippen molar-refractivity contribution in [2.24, 2.45) is 0 Å². The fraction of sp³-hybridized carbons (Fsp3) is 0.409. The molecule has 0 bridgehead atoms. The third-order valence-electron chi connectivity index (χ3n) is 5.31. The zero-order valence-electron chi connectivity index (χ0n) is 16.7. The number of pyridine rings is 1. The van der Waals surface area contributed by atoms with E-state index in [-0.39, 0.29) is 23.9 Å². The van der Waals surface area contributed by atoms with E-state index in [1.165, 1.54) is 16.3 Å². The van der Waals surface area contributed by atoms with Crippen molar-refractivity contribution in [3.8, 4) is 0 Å². The van der Waals surface area contributed by atoms with Gasteiger partial charge in [-0.25, -0.2) is 18.4 Å². The van der Waals surface area contributed by atoms with E-state index in [9.17, 15) is 13.6 Å². The van der Waals surface area contributed by atoms with Crippen LogP contribution in [0.1, 0.15) is 67.5 Å². The van der Waals surface area contributed by atoms with Gasteiger partial charge in [-0.2, -0.15) is 5.10 Å². The average Bonchev–Trinajstić information content (AvgIpc) is 3.47. The van der Waals surface area contributed by atoms with Gasteiger partial charge < -0.3 is 5.32 Å². The summed E-state index contributed by atoms with van der Waals surface area (Å²) in [5, 5.41) is 7.52. The van der Waals surface area contributed by atoms with Crippen molar-refractivity contribution < 1.29 is 13.6 Å². The number of anilines is 1. The summed E-state index contributed by atoms with van der Waals surface area (Å²) in [6.45, 7) is 5.80. The van der Waals surface area contributed by atoms with E-state index >= 15 is 0 Å². The molecule has 1 N–H and O–H groups in total. The number of amides is 1. The monoisotopic (exact) mass is 398 g/mol. The number of nitrogens with zero attached hydrogens (tertiary/aromatic N) is 3. The van der Waals surface area contributed by atoms with Gasteiger partial charge in [0.25, 0.3) is 6.43 Å². The molecule has 29 heavy (non-hydrogen) atoms. The Kier molecular flexibility index (Phi) is 5.06. The van der Waals surface area contributed by atoms with Crippen LogP contribution in [0.25, 0.3) is 11.0 Å². The van der Waals surface area contributed by atoms with Crippen LogP contribution in [0.15, 0.2) is 30.3 Å². The normalized spacial score (nSPS) is 14.2. The molecule has 152 valence electrons. The second kappa shape index (κ2) is 7.54. The lowest BCUT2D eigenvalue weighted by Gasteiger charge is -2.10. The molecule has 0 unspecified atom stereocenters. The Bertz CT molecular complexity index is 1050. The van der Waals surface area contributed by atoms with E-state index < -0.39 is 6.43 Å². The molecule has 1 aliphatic carbocycles. The Hall–Kier alpha value is -2.83. The average molecular weight is 398 g/mol. The maximum Gasteiger partial charge on any atom is 0.264 e. The molecule has 1 fully saturated rings. The summed E-state index contributed by atoms with van der Waals surface area (Å²) >= 11 is 0. The Labute approximate surface area is 168 Å². The van der Waals surface area contributed by atoms with Gasteiger partial charge in [-0.3, -0.25) is 4.79 Å². The van der Waals surface area contributed by atoms with E-state index in [0.717, 1.165) is 12.8 Å². The fourth-order valence-electron chi connectivity index (χ4n) is 3.57. The van der Waals surface area contributed by atoms with Gasteiger partial charge in [0.1, 0.15) is 6.54 Å². The minimum atomic E-state index is -2.61. The Balaban J connectivity index is 1.61. The molecule has 1 saturated carbocycles. The maximum atomic E-state index is 13.6. The zero-order valence-corrected chi connectivity index (χ0v) is 16.7. The molecular weight excluding hydrogens is 374 g/mol. The van der Waals surface area contributed by atoms with E-state index in [2.05, 4.69) is 29.2 Å². The summed E-state index contributed by atoms with van der Waals surface area (Å²) < 4.78 is 28.7. The predicted molar refractivity (Wildman–Crippen MR) is 108 cm³/mol. The first kappa shape index (κ1) is 19.5. The number of alkyl halides is 2. The molecule has 7 heteroatoms. The van der Waals surface area contributed by atoms with Crippen molar-refractivity contribution in [1.29, 1.82) is 0 Å². The second-order valence-electron chi connectivity index (χ2n) is 7.98. The summed E-state index contributed by atoms with van der Waals surface area (Å²) in [4.78, 5) is 17.1. The van der Waals surface area contributed by atoms with E-state index in [4.69, 9.17) is 0 Å². The highest BCUT2D eigenvalue weighted by atomic mass is 19.3. The third kappa shape index (κ3) is 3.99. The number of hydrogen-bond donors (Lipinski definition) is 1. The Morgan fingerprint density at radius 3 is 2.52 bits per heavy atom. The number of halogens is 2. The molecule has 2 heterocycles. The lowest BCUT2D eigenvalue weighted by atomic mass is 10.0. The summed E-state index contributed by atoms with van der Waals surface area (Å²) in [5.74, 6) is 0.367. The number of nitrogens with one attached hydrogen (secondary N) is 1. The second-order valence-corrected chi connectivity index (χ2v) is 7.98. The highest BCUT2D eigenvalue weighted by Crippen LogP contribution is 2.41. The summed E-state index contributed by atoms with van der Waals surface area (Å²) in [6.07, 6.45) is -0.690. The molecule has 0 atom stereocenters. The largest absolute Gasteiger partial charge is 0.324 e. The summed E-state index contributed by atoms with van der Waals surface area (Å²) in [7, 11) is 0. The number of aryl methyl sites for hydroxylation is 1. The van der Waals surface area contributed by atoms with Gasteiger partial charge in [-0.1, -0.05) is 26.0 Å². The fourth-order valence-corrected chi connectivity index (χ4v) is 3.57. The molecule has 0 radical (unpaired) electrons. The first-order chi connectivity index (χ1) is 13.8. The van der Waals surface area contributed by atoms with E-state index in [0.29, 0.717) is 34.0 Å². The number of hydrogen-bond acceptors (Lipinski definition) is 3. The standard InChI is InChI=1S/C22H24F2N4O/c1-12(2)14-6-8-16(9-7-14)25-19(29)11-28-22-20(13(3)27-28)17(21(23)24)10-18(26-22)15-4-5-15/h6-10,12,15,21H,4-5,11H2,1-3H3,(H,25,29). The molecule has 1 aliphatic rings. The van der Waals surface area contributed by atoms with Gasteiger partial charge in [0.15, 0.2) is 5.65 Å². The van der Waals surface area contributed by atoms with Crippen LogP contribution in [0.4, 0.5) is 14.5 Å². The minimum Gasteiger partial charge on any atom is -0.324 e. The number of rotatable bonds is 6. The van der Waals surface area contributed by atoms with Gasteiger partial charge in [0.05, 0.1) is 11.1 Å². The van der Waals surface area contributed by atoms with Crippen LogP contribution in [0, 0.1) is 6.92 Å². The van der Waals surface area contributed by atoms with Gasteiger partial charge in [-0.05, 0) is 49.4 Å². The zero-order chi connectivity index (χ0) is 20.7. The lowest BCUT2D eigenvalue weighted by Crippen LogP contribution is -2.20. The maximum absolute atomic E-state index is 13.6. The van der Waals surface area contributed by atoms with Crippen LogP contribution < -0.4 is 5.32 Å². The molecule has 1 amide bonds. The van der Waals surface area contributed by atoms with E-state index in [1.807, 2.05) is 24.3 Å². The van der Waals surface area contributed by atoms with E-state index in [1.54, 1.807) is 6.92 Å². The molecule has 3 aromatic rings. The minimum absolute atomic E-state index is 0.0506. The number of carbonyl (C=O) groups is 1. The first-order valence-electron chi connectivity index (χ1n) is 9.89. The number of benzene rings is 1. The molecular formula is C22H24F2N4O. The highest BCUT2D eigenvalue weighted by Gasteiger charge is 2.29.